The number of fused-ring (bicyclic) bond motifs is 1. The van der Waals surface area contributed by atoms with E-state index in [2.05, 4.69) is 24.3 Å². The lowest BCUT2D eigenvalue weighted by molar-refractivity contribution is 0.0427. The molecule has 0 N–H and O–H groups in total. The number of carbonyl (C=O) groups is 1. The van der Waals surface area contributed by atoms with Crippen molar-refractivity contribution in [1.82, 2.24) is 4.90 Å². The van der Waals surface area contributed by atoms with Crippen molar-refractivity contribution in [3.05, 3.63) is 83.9 Å². The molecule has 4 rings (SSSR count). The normalized spacial score (nSPS) is 17.2. The molecule has 0 aromatic heterocycles. The molecule has 1 saturated heterocycles. The maximum absolute atomic E-state index is 13.1. The topological polar surface area (TPSA) is 29.5 Å². The molecule has 1 heterocycles. The standard InChI is InChI=1S/C24H25NO2/c26-24(23-14-6-12-21-11-4-5-13-22(21)23)25-15-7-10-20(16-25)18-27-17-19-8-2-1-3-9-19/h1-6,8-9,11-14,20H,7,10,15-18H2. The van der Waals surface area contributed by atoms with Gasteiger partial charge in [0.25, 0.3) is 5.91 Å². The minimum Gasteiger partial charge on any atom is -0.376 e. The highest BCUT2D eigenvalue weighted by atomic mass is 16.5. The highest BCUT2D eigenvalue weighted by Crippen LogP contribution is 2.24. The maximum atomic E-state index is 13.1. The summed E-state index contributed by atoms with van der Waals surface area (Å²) < 4.78 is 5.93. The summed E-state index contributed by atoms with van der Waals surface area (Å²) in [5.74, 6) is 0.543. The van der Waals surface area contributed by atoms with Gasteiger partial charge in [0.1, 0.15) is 0 Å². The Labute approximate surface area is 160 Å². The van der Waals surface area contributed by atoms with Crippen LogP contribution in [0.4, 0.5) is 0 Å². The molecule has 1 amide bonds. The van der Waals surface area contributed by atoms with Crippen molar-refractivity contribution in [3.63, 3.8) is 0 Å². The molecule has 27 heavy (non-hydrogen) atoms. The zero-order valence-electron chi connectivity index (χ0n) is 15.5. The van der Waals surface area contributed by atoms with E-state index in [1.165, 1.54) is 5.56 Å². The number of piperidine rings is 1. The largest absolute Gasteiger partial charge is 0.376 e. The number of benzene rings is 3. The van der Waals surface area contributed by atoms with Gasteiger partial charge < -0.3 is 9.64 Å². The second kappa shape index (κ2) is 8.36. The molecule has 1 aliphatic rings. The number of amides is 1. The molecule has 3 nitrogen and oxygen atoms in total. The van der Waals surface area contributed by atoms with Crippen LogP contribution in [0.15, 0.2) is 72.8 Å². The third kappa shape index (κ3) is 4.20. The SMILES string of the molecule is O=C(c1cccc2ccccc12)N1CCCC(COCc2ccccc2)C1. The summed E-state index contributed by atoms with van der Waals surface area (Å²) >= 11 is 0. The van der Waals surface area contributed by atoms with Crippen molar-refractivity contribution >= 4 is 16.7 Å². The van der Waals surface area contributed by atoms with Gasteiger partial charge in [-0.25, -0.2) is 0 Å². The van der Waals surface area contributed by atoms with E-state index in [0.29, 0.717) is 19.1 Å². The summed E-state index contributed by atoms with van der Waals surface area (Å²) in [6, 6.07) is 24.3. The zero-order chi connectivity index (χ0) is 18.5. The van der Waals surface area contributed by atoms with E-state index in [0.717, 1.165) is 42.3 Å². The first-order valence-electron chi connectivity index (χ1n) is 9.70. The van der Waals surface area contributed by atoms with Gasteiger partial charge in [0, 0.05) is 18.7 Å². The predicted molar refractivity (Wildman–Crippen MR) is 109 cm³/mol. The fraction of sp³-hybridized carbons (Fsp3) is 0.292. The van der Waals surface area contributed by atoms with E-state index in [1.807, 2.05) is 53.4 Å². The van der Waals surface area contributed by atoms with E-state index in [-0.39, 0.29) is 5.91 Å². The first-order chi connectivity index (χ1) is 13.3. The van der Waals surface area contributed by atoms with E-state index in [9.17, 15) is 4.79 Å². The van der Waals surface area contributed by atoms with Crippen LogP contribution in [0.5, 0.6) is 0 Å². The van der Waals surface area contributed by atoms with Crippen molar-refractivity contribution in [1.29, 1.82) is 0 Å². The number of hydrogen-bond acceptors (Lipinski definition) is 2. The van der Waals surface area contributed by atoms with Gasteiger partial charge in [-0.3, -0.25) is 4.79 Å². The summed E-state index contributed by atoms with van der Waals surface area (Å²) in [5.41, 5.74) is 2.00. The summed E-state index contributed by atoms with van der Waals surface area (Å²) in [6.07, 6.45) is 2.16. The van der Waals surface area contributed by atoms with E-state index < -0.39 is 0 Å². The van der Waals surface area contributed by atoms with Crippen LogP contribution in [-0.4, -0.2) is 30.5 Å². The molecule has 3 aromatic carbocycles. The Morgan fingerprint density at radius 3 is 2.63 bits per heavy atom. The molecular weight excluding hydrogens is 334 g/mol. The molecule has 0 aliphatic carbocycles. The minimum absolute atomic E-state index is 0.138. The third-order valence-corrected chi connectivity index (χ3v) is 5.29. The number of hydrogen-bond donors (Lipinski definition) is 0. The molecule has 0 spiro atoms. The number of likely N-dealkylation sites (tertiary alicyclic amines) is 1. The number of ether oxygens (including phenoxy) is 1. The van der Waals surface area contributed by atoms with Crippen LogP contribution in [0.25, 0.3) is 10.8 Å². The van der Waals surface area contributed by atoms with E-state index >= 15 is 0 Å². The highest BCUT2D eigenvalue weighted by molar-refractivity contribution is 6.07. The monoisotopic (exact) mass is 359 g/mol. The molecule has 0 saturated carbocycles. The molecular formula is C24H25NO2. The Hall–Kier alpha value is -2.65. The third-order valence-electron chi connectivity index (χ3n) is 5.29. The van der Waals surface area contributed by atoms with Crippen LogP contribution in [0.1, 0.15) is 28.8 Å². The molecule has 1 fully saturated rings. The van der Waals surface area contributed by atoms with Crippen molar-refractivity contribution in [2.24, 2.45) is 5.92 Å². The lowest BCUT2D eigenvalue weighted by Gasteiger charge is -2.33. The average molecular weight is 359 g/mol. The van der Waals surface area contributed by atoms with Crippen molar-refractivity contribution < 1.29 is 9.53 Å². The van der Waals surface area contributed by atoms with Gasteiger partial charge in [-0.15, -0.1) is 0 Å². The number of nitrogens with zero attached hydrogens (tertiary/aromatic N) is 1. The van der Waals surface area contributed by atoms with Crippen LogP contribution >= 0.6 is 0 Å². The van der Waals surface area contributed by atoms with Crippen LogP contribution in [0.2, 0.25) is 0 Å². The van der Waals surface area contributed by atoms with Crippen molar-refractivity contribution in [2.75, 3.05) is 19.7 Å². The summed E-state index contributed by atoms with van der Waals surface area (Å²) in [4.78, 5) is 15.1. The zero-order valence-corrected chi connectivity index (χ0v) is 15.5. The Kier molecular flexibility index (Phi) is 5.50. The molecule has 3 heteroatoms. The molecule has 1 atom stereocenters. The number of carbonyl (C=O) groups excluding carboxylic acids is 1. The molecule has 1 aliphatic heterocycles. The maximum Gasteiger partial charge on any atom is 0.254 e. The highest BCUT2D eigenvalue weighted by Gasteiger charge is 2.25. The van der Waals surface area contributed by atoms with Crippen LogP contribution in [0, 0.1) is 5.92 Å². The van der Waals surface area contributed by atoms with Gasteiger partial charge in [0.2, 0.25) is 0 Å². The van der Waals surface area contributed by atoms with Crippen LogP contribution < -0.4 is 0 Å². The van der Waals surface area contributed by atoms with Gasteiger partial charge in [-0.1, -0.05) is 66.7 Å². The summed E-state index contributed by atoms with van der Waals surface area (Å²) in [7, 11) is 0. The second-order valence-corrected chi connectivity index (χ2v) is 7.29. The van der Waals surface area contributed by atoms with Crippen molar-refractivity contribution in [3.8, 4) is 0 Å². The summed E-state index contributed by atoms with van der Waals surface area (Å²) in [5, 5.41) is 2.15. The molecule has 138 valence electrons. The first kappa shape index (κ1) is 17.7. The van der Waals surface area contributed by atoms with Gasteiger partial charge in [-0.2, -0.15) is 0 Å². The molecule has 0 radical (unpaired) electrons. The van der Waals surface area contributed by atoms with Gasteiger partial charge in [-0.05, 0) is 41.2 Å². The Morgan fingerprint density at radius 1 is 0.963 bits per heavy atom. The molecule has 3 aromatic rings. The van der Waals surface area contributed by atoms with E-state index in [1.54, 1.807) is 0 Å². The minimum atomic E-state index is 0.138. The molecule has 0 bridgehead atoms. The van der Waals surface area contributed by atoms with Crippen LogP contribution in [0.3, 0.4) is 0 Å². The predicted octanol–water partition coefficient (Wildman–Crippen LogP) is 4.91. The van der Waals surface area contributed by atoms with Gasteiger partial charge >= 0.3 is 0 Å². The lowest BCUT2D eigenvalue weighted by Crippen LogP contribution is -2.41. The Morgan fingerprint density at radius 2 is 1.74 bits per heavy atom. The smallest absolute Gasteiger partial charge is 0.254 e. The Balaban J connectivity index is 1.39. The van der Waals surface area contributed by atoms with E-state index in [4.69, 9.17) is 4.74 Å². The quantitative estimate of drug-likeness (QED) is 0.648. The fourth-order valence-electron chi connectivity index (χ4n) is 3.89. The second-order valence-electron chi connectivity index (χ2n) is 7.29. The average Bonchev–Trinajstić information content (AvgIpc) is 2.74. The summed E-state index contributed by atoms with van der Waals surface area (Å²) in [6.45, 7) is 2.94. The first-order valence-corrected chi connectivity index (χ1v) is 9.70. The van der Waals surface area contributed by atoms with Gasteiger partial charge in [0.15, 0.2) is 0 Å². The van der Waals surface area contributed by atoms with Crippen molar-refractivity contribution in [2.45, 2.75) is 19.4 Å². The number of rotatable bonds is 5. The lowest BCUT2D eigenvalue weighted by atomic mass is 9.97. The molecule has 1 unspecified atom stereocenters. The van der Waals surface area contributed by atoms with Crippen LogP contribution in [-0.2, 0) is 11.3 Å². The van der Waals surface area contributed by atoms with Gasteiger partial charge in [0.05, 0.1) is 13.2 Å². The Bertz CT molecular complexity index is 901. The fourth-order valence-corrected chi connectivity index (χ4v) is 3.89.